The van der Waals surface area contributed by atoms with Gasteiger partial charge in [-0.25, -0.2) is 4.79 Å². The zero-order valence-electron chi connectivity index (χ0n) is 10.3. The van der Waals surface area contributed by atoms with Crippen LogP contribution >= 0.6 is 15.9 Å². The number of hydrogen-bond acceptors (Lipinski definition) is 2. The minimum absolute atomic E-state index is 0.167. The van der Waals surface area contributed by atoms with Crippen LogP contribution in [0.5, 0.6) is 0 Å². The number of carbonyl (C=O) groups excluding carboxylic acids is 1. The lowest BCUT2D eigenvalue weighted by atomic mass is 10.1. The van der Waals surface area contributed by atoms with E-state index in [1.807, 2.05) is 0 Å². The van der Waals surface area contributed by atoms with E-state index in [1.54, 1.807) is 0 Å². The first kappa shape index (κ1) is 15.1. The maximum absolute atomic E-state index is 12.9. The Morgan fingerprint density at radius 1 is 1.40 bits per heavy atom. The Kier molecular flexibility index (Phi) is 4.54. The smallest absolute Gasteiger partial charge is 0.379 e. The second kappa shape index (κ2) is 6.01. The molecule has 110 valence electrons. The summed E-state index contributed by atoms with van der Waals surface area (Å²) in [5.41, 5.74) is -1.18. The SMILES string of the molecule is O=C(Nc1ccc(Br)cc1C(F)(F)F)NC1CCOC1. The molecule has 8 heteroatoms. The van der Waals surface area contributed by atoms with Gasteiger partial charge in [0.15, 0.2) is 0 Å². The summed E-state index contributed by atoms with van der Waals surface area (Å²) >= 11 is 2.98. The molecule has 0 aliphatic carbocycles. The van der Waals surface area contributed by atoms with Crippen LogP contribution in [0.1, 0.15) is 12.0 Å². The molecule has 1 heterocycles. The molecule has 20 heavy (non-hydrogen) atoms. The normalized spacial score (nSPS) is 18.9. The number of ether oxygens (including phenoxy) is 1. The van der Waals surface area contributed by atoms with Crippen LogP contribution in [-0.2, 0) is 10.9 Å². The fourth-order valence-corrected chi connectivity index (χ4v) is 2.21. The third-order valence-corrected chi connectivity index (χ3v) is 3.29. The van der Waals surface area contributed by atoms with E-state index in [-0.39, 0.29) is 11.7 Å². The largest absolute Gasteiger partial charge is 0.418 e. The Labute approximate surface area is 121 Å². The number of benzene rings is 1. The number of urea groups is 1. The number of amides is 2. The summed E-state index contributed by atoms with van der Waals surface area (Å²) in [6.45, 7) is 0.914. The summed E-state index contributed by atoms with van der Waals surface area (Å²) in [5.74, 6) is 0. The molecule has 0 aromatic heterocycles. The first-order valence-corrected chi connectivity index (χ1v) is 6.67. The average Bonchev–Trinajstić information content (AvgIpc) is 2.82. The fraction of sp³-hybridized carbons (Fsp3) is 0.417. The highest BCUT2D eigenvalue weighted by Gasteiger charge is 2.34. The molecule has 0 radical (unpaired) electrons. The van der Waals surface area contributed by atoms with E-state index in [2.05, 4.69) is 26.6 Å². The molecular formula is C12H12BrF3N2O2. The molecule has 1 aromatic carbocycles. The molecule has 1 aliphatic heterocycles. The van der Waals surface area contributed by atoms with Crippen LogP contribution < -0.4 is 10.6 Å². The third-order valence-electron chi connectivity index (χ3n) is 2.80. The lowest BCUT2D eigenvalue weighted by Crippen LogP contribution is -2.38. The summed E-state index contributed by atoms with van der Waals surface area (Å²) in [6.07, 6.45) is -3.89. The molecule has 0 spiro atoms. The number of rotatable bonds is 2. The fourth-order valence-electron chi connectivity index (χ4n) is 1.85. The van der Waals surface area contributed by atoms with Crippen molar-refractivity contribution in [1.29, 1.82) is 0 Å². The maximum Gasteiger partial charge on any atom is 0.418 e. The summed E-state index contributed by atoms with van der Waals surface area (Å²) in [5, 5.41) is 4.79. The van der Waals surface area contributed by atoms with Gasteiger partial charge in [0.2, 0.25) is 0 Å². The summed E-state index contributed by atoms with van der Waals surface area (Å²) in [4.78, 5) is 11.7. The molecule has 1 atom stereocenters. The Bertz CT molecular complexity index is 502. The van der Waals surface area contributed by atoms with Crippen LogP contribution in [-0.4, -0.2) is 25.3 Å². The van der Waals surface area contributed by atoms with Crippen LogP contribution in [0.4, 0.5) is 23.7 Å². The number of carbonyl (C=O) groups is 1. The lowest BCUT2D eigenvalue weighted by Gasteiger charge is -2.16. The predicted molar refractivity (Wildman–Crippen MR) is 70.5 cm³/mol. The first-order chi connectivity index (χ1) is 9.36. The van der Waals surface area contributed by atoms with Gasteiger partial charge < -0.3 is 15.4 Å². The van der Waals surface area contributed by atoms with E-state index in [1.165, 1.54) is 12.1 Å². The molecule has 2 amide bonds. The van der Waals surface area contributed by atoms with Gasteiger partial charge in [-0.05, 0) is 24.6 Å². The molecule has 0 bridgehead atoms. The molecule has 1 fully saturated rings. The Morgan fingerprint density at radius 3 is 2.75 bits per heavy atom. The van der Waals surface area contributed by atoms with Crippen molar-refractivity contribution in [2.24, 2.45) is 0 Å². The van der Waals surface area contributed by atoms with Crippen molar-refractivity contribution in [2.75, 3.05) is 18.5 Å². The van der Waals surface area contributed by atoms with Crippen LogP contribution in [0, 0.1) is 0 Å². The van der Waals surface area contributed by atoms with E-state index in [0.29, 0.717) is 24.1 Å². The van der Waals surface area contributed by atoms with Gasteiger partial charge in [-0.1, -0.05) is 15.9 Å². The summed E-state index contributed by atoms with van der Waals surface area (Å²) in [6, 6.07) is 2.73. The van der Waals surface area contributed by atoms with Crippen molar-refractivity contribution in [3.8, 4) is 0 Å². The van der Waals surface area contributed by atoms with E-state index in [9.17, 15) is 18.0 Å². The highest BCUT2D eigenvalue weighted by atomic mass is 79.9. The highest BCUT2D eigenvalue weighted by Crippen LogP contribution is 2.36. The number of hydrogen-bond donors (Lipinski definition) is 2. The van der Waals surface area contributed by atoms with Gasteiger partial charge in [-0.2, -0.15) is 13.2 Å². The second-order valence-electron chi connectivity index (χ2n) is 4.35. The second-order valence-corrected chi connectivity index (χ2v) is 5.26. The number of alkyl halides is 3. The quantitative estimate of drug-likeness (QED) is 0.857. The minimum atomic E-state index is -4.54. The van der Waals surface area contributed by atoms with Crippen molar-refractivity contribution in [1.82, 2.24) is 5.32 Å². The summed E-state index contributed by atoms with van der Waals surface area (Å²) < 4.78 is 44.0. The molecule has 4 nitrogen and oxygen atoms in total. The average molecular weight is 353 g/mol. The minimum Gasteiger partial charge on any atom is -0.379 e. The van der Waals surface area contributed by atoms with Crippen LogP contribution in [0.15, 0.2) is 22.7 Å². The molecule has 2 N–H and O–H groups in total. The van der Waals surface area contributed by atoms with Gasteiger partial charge in [0.1, 0.15) is 0 Å². The van der Waals surface area contributed by atoms with Crippen molar-refractivity contribution < 1.29 is 22.7 Å². The van der Waals surface area contributed by atoms with Crippen molar-refractivity contribution in [3.05, 3.63) is 28.2 Å². The molecule has 1 unspecified atom stereocenters. The van der Waals surface area contributed by atoms with E-state index >= 15 is 0 Å². The Balaban J connectivity index is 2.10. The van der Waals surface area contributed by atoms with Gasteiger partial charge >= 0.3 is 12.2 Å². The Hall–Kier alpha value is -1.28. The highest BCUT2D eigenvalue weighted by molar-refractivity contribution is 9.10. The molecule has 2 rings (SSSR count). The van der Waals surface area contributed by atoms with Crippen LogP contribution in [0.3, 0.4) is 0 Å². The topological polar surface area (TPSA) is 50.4 Å². The molecule has 1 aliphatic rings. The third kappa shape index (κ3) is 3.86. The van der Waals surface area contributed by atoms with Crippen molar-refractivity contribution in [2.45, 2.75) is 18.6 Å². The van der Waals surface area contributed by atoms with Gasteiger partial charge in [-0.3, -0.25) is 0 Å². The monoisotopic (exact) mass is 352 g/mol. The molecule has 1 saturated heterocycles. The van der Waals surface area contributed by atoms with Gasteiger partial charge in [0, 0.05) is 11.1 Å². The van der Waals surface area contributed by atoms with Crippen molar-refractivity contribution in [3.63, 3.8) is 0 Å². The predicted octanol–water partition coefficient (Wildman–Crippen LogP) is 3.38. The Morgan fingerprint density at radius 2 is 2.15 bits per heavy atom. The maximum atomic E-state index is 12.9. The van der Waals surface area contributed by atoms with E-state index in [4.69, 9.17) is 4.74 Å². The van der Waals surface area contributed by atoms with Crippen LogP contribution in [0.25, 0.3) is 0 Å². The van der Waals surface area contributed by atoms with Gasteiger partial charge in [0.25, 0.3) is 0 Å². The van der Waals surface area contributed by atoms with Gasteiger partial charge in [0.05, 0.1) is 23.9 Å². The lowest BCUT2D eigenvalue weighted by molar-refractivity contribution is -0.136. The number of halogens is 4. The first-order valence-electron chi connectivity index (χ1n) is 5.88. The van der Waals surface area contributed by atoms with Gasteiger partial charge in [-0.15, -0.1) is 0 Å². The zero-order valence-corrected chi connectivity index (χ0v) is 11.8. The number of anilines is 1. The molecular weight excluding hydrogens is 341 g/mol. The van der Waals surface area contributed by atoms with Crippen molar-refractivity contribution >= 4 is 27.6 Å². The molecule has 0 saturated carbocycles. The number of nitrogens with one attached hydrogen (secondary N) is 2. The van der Waals surface area contributed by atoms with E-state index in [0.717, 1.165) is 6.07 Å². The zero-order chi connectivity index (χ0) is 14.8. The van der Waals surface area contributed by atoms with E-state index < -0.39 is 17.8 Å². The van der Waals surface area contributed by atoms with Crippen LogP contribution in [0.2, 0.25) is 0 Å². The standard InChI is InChI=1S/C12H12BrF3N2O2/c13-7-1-2-10(9(5-7)12(14,15)16)18-11(19)17-8-3-4-20-6-8/h1-2,5,8H,3-4,6H2,(H2,17,18,19). The molecule has 1 aromatic rings. The summed E-state index contributed by atoms with van der Waals surface area (Å²) in [7, 11) is 0.